The molecule has 158 valence electrons. The summed E-state index contributed by atoms with van der Waals surface area (Å²) in [7, 11) is -4.49. The normalized spacial score (nSPS) is 11.0. The second-order valence-electron chi connectivity index (χ2n) is 7.48. The fraction of sp³-hybridized carbons (Fsp3) is 0.478. The van der Waals surface area contributed by atoms with E-state index in [0.717, 1.165) is 23.1 Å². The zero-order valence-corrected chi connectivity index (χ0v) is 18.4. The number of hydrogen-bond donors (Lipinski definition) is 2. The molecule has 0 bridgehead atoms. The molecule has 0 saturated heterocycles. The van der Waals surface area contributed by atoms with Crippen LogP contribution in [0.2, 0.25) is 0 Å². The Morgan fingerprint density at radius 1 is 0.964 bits per heavy atom. The summed E-state index contributed by atoms with van der Waals surface area (Å²) in [5.74, 6) is 1.09. The van der Waals surface area contributed by atoms with E-state index in [-0.39, 0.29) is 19.1 Å². The number of phosphoric ester groups is 1. The monoisotopic (exact) mass is 408 g/mol. The molecule has 2 N–H and O–H groups in total. The van der Waals surface area contributed by atoms with Gasteiger partial charge in [-0.2, -0.15) is 0 Å². The van der Waals surface area contributed by atoms with E-state index in [1.807, 2.05) is 33.8 Å². The molecule has 2 rings (SSSR count). The Kier molecular flexibility index (Phi) is 10.7. The molecule has 0 atom stereocenters. The molecule has 0 fully saturated rings. The number of hydrogen-bond acceptors (Lipinski definition) is 2. The highest BCUT2D eigenvalue weighted by molar-refractivity contribution is 7.46. The van der Waals surface area contributed by atoms with Gasteiger partial charge in [-0.15, -0.1) is 0 Å². The second-order valence-corrected chi connectivity index (χ2v) is 8.64. The zero-order chi connectivity index (χ0) is 20.8. The van der Waals surface area contributed by atoms with E-state index in [2.05, 4.69) is 45.0 Å². The second kappa shape index (κ2) is 11.4. The highest BCUT2D eigenvalue weighted by Crippen LogP contribution is 2.42. The molecule has 0 spiro atoms. The van der Waals surface area contributed by atoms with E-state index in [1.54, 1.807) is 6.07 Å². The molecule has 5 heteroatoms. The summed E-state index contributed by atoms with van der Waals surface area (Å²) >= 11 is 0. The lowest BCUT2D eigenvalue weighted by Crippen LogP contribution is -2.00. The lowest BCUT2D eigenvalue weighted by atomic mass is 9.95. The summed E-state index contributed by atoms with van der Waals surface area (Å²) in [5.41, 5.74) is 5.61. The van der Waals surface area contributed by atoms with Crippen LogP contribution < -0.4 is 4.52 Å². The van der Waals surface area contributed by atoms with E-state index in [9.17, 15) is 4.57 Å². The van der Waals surface area contributed by atoms with Crippen LogP contribution in [0, 0.1) is 13.8 Å². The topological polar surface area (TPSA) is 66.8 Å². The van der Waals surface area contributed by atoms with Crippen LogP contribution >= 0.6 is 7.82 Å². The van der Waals surface area contributed by atoms with Crippen molar-refractivity contribution in [3.8, 4) is 5.75 Å². The number of aryl methyl sites for hydroxylation is 3. The molecule has 0 aliphatic rings. The van der Waals surface area contributed by atoms with Gasteiger partial charge in [0.25, 0.3) is 0 Å². The molecule has 0 radical (unpaired) electrons. The van der Waals surface area contributed by atoms with E-state index < -0.39 is 7.82 Å². The summed E-state index contributed by atoms with van der Waals surface area (Å²) in [6, 6.07) is 12.5. The Hall–Kier alpha value is -1.61. The van der Waals surface area contributed by atoms with Crippen molar-refractivity contribution in [1.29, 1.82) is 0 Å². The van der Waals surface area contributed by atoms with E-state index in [0.29, 0.717) is 5.92 Å². The molecule has 0 aliphatic heterocycles. The third-order valence-electron chi connectivity index (χ3n) is 4.34. The van der Waals surface area contributed by atoms with Gasteiger partial charge in [-0.3, -0.25) is 9.79 Å². The summed E-state index contributed by atoms with van der Waals surface area (Å²) in [6.45, 7) is 14.3. The standard InChI is InChI=1S/C11H17O4P.C11H16.CH4/c1-7(2)11-9(4)5-8(3)6-10(11)15-16(12,13)14;1-4-10-5-7-11(8-6-10)9(2)3;/h5-7H,1-4H3,(H2,12,13,14);5-9H,4H2,1-3H3;1H4. The fourth-order valence-electron chi connectivity index (χ4n) is 3.02. The summed E-state index contributed by atoms with van der Waals surface area (Å²) in [4.78, 5) is 17.7. The first kappa shape index (κ1) is 26.4. The van der Waals surface area contributed by atoms with Crippen molar-refractivity contribution in [2.24, 2.45) is 0 Å². The molecule has 4 nitrogen and oxygen atoms in total. The van der Waals surface area contributed by atoms with Gasteiger partial charge in [0, 0.05) is 5.56 Å². The van der Waals surface area contributed by atoms with Crippen LogP contribution in [0.1, 0.15) is 81.7 Å². The van der Waals surface area contributed by atoms with Crippen LogP contribution in [-0.2, 0) is 11.0 Å². The van der Waals surface area contributed by atoms with Gasteiger partial charge in [-0.1, -0.05) is 72.4 Å². The molecule has 0 saturated carbocycles. The van der Waals surface area contributed by atoms with E-state index >= 15 is 0 Å². The average molecular weight is 409 g/mol. The summed E-state index contributed by atoms with van der Waals surface area (Å²) in [6.07, 6.45) is 1.14. The molecule has 0 heterocycles. The van der Waals surface area contributed by atoms with Crippen molar-refractivity contribution in [2.75, 3.05) is 0 Å². The van der Waals surface area contributed by atoms with Gasteiger partial charge in [0.2, 0.25) is 0 Å². The third-order valence-corrected chi connectivity index (χ3v) is 4.78. The van der Waals surface area contributed by atoms with Gasteiger partial charge in [-0.05, 0) is 60.4 Å². The van der Waals surface area contributed by atoms with Crippen molar-refractivity contribution in [2.45, 2.75) is 74.1 Å². The molecule has 2 aromatic carbocycles. The molecule has 0 unspecified atom stereocenters. The van der Waals surface area contributed by atoms with Gasteiger partial charge < -0.3 is 4.52 Å². The molecule has 2 aromatic rings. The van der Waals surface area contributed by atoms with Crippen molar-refractivity contribution in [1.82, 2.24) is 0 Å². The maximum atomic E-state index is 10.9. The molecule has 0 amide bonds. The predicted molar refractivity (Wildman–Crippen MR) is 119 cm³/mol. The summed E-state index contributed by atoms with van der Waals surface area (Å²) in [5, 5.41) is 0. The minimum absolute atomic E-state index is 0. The Balaban J connectivity index is 0.000000535. The van der Waals surface area contributed by atoms with Gasteiger partial charge in [0.05, 0.1) is 0 Å². The maximum absolute atomic E-state index is 10.9. The van der Waals surface area contributed by atoms with Crippen molar-refractivity contribution in [3.05, 3.63) is 64.2 Å². The maximum Gasteiger partial charge on any atom is 0.524 e. The highest BCUT2D eigenvalue weighted by atomic mass is 31.2. The molecule has 0 aliphatic carbocycles. The lowest BCUT2D eigenvalue weighted by molar-refractivity contribution is 0.282. The molecular weight excluding hydrogens is 371 g/mol. The molecule has 0 aromatic heterocycles. The Morgan fingerprint density at radius 2 is 1.50 bits per heavy atom. The molecular formula is C23H37O4P. The smallest absolute Gasteiger partial charge is 0.404 e. The minimum atomic E-state index is -4.49. The van der Waals surface area contributed by atoms with Crippen molar-refractivity contribution < 1.29 is 18.9 Å². The van der Waals surface area contributed by atoms with Crippen molar-refractivity contribution in [3.63, 3.8) is 0 Å². The van der Waals surface area contributed by atoms with E-state index in [1.165, 1.54) is 11.1 Å². The first-order valence-electron chi connectivity index (χ1n) is 9.39. The fourth-order valence-corrected chi connectivity index (χ4v) is 3.43. The van der Waals surface area contributed by atoms with Gasteiger partial charge >= 0.3 is 7.82 Å². The van der Waals surface area contributed by atoms with Gasteiger partial charge in [-0.25, -0.2) is 4.57 Å². The first-order chi connectivity index (χ1) is 12.4. The summed E-state index contributed by atoms with van der Waals surface area (Å²) < 4.78 is 15.6. The largest absolute Gasteiger partial charge is 0.524 e. The highest BCUT2D eigenvalue weighted by Gasteiger charge is 2.21. The minimum Gasteiger partial charge on any atom is -0.404 e. The molecule has 28 heavy (non-hydrogen) atoms. The average Bonchev–Trinajstić information content (AvgIpc) is 2.52. The number of phosphoric acid groups is 1. The number of benzene rings is 2. The predicted octanol–water partition coefficient (Wildman–Crippen LogP) is 6.91. The quantitative estimate of drug-likeness (QED) is 0.528. The van der Waals surface area contributed by atoms with Crippen LogP contribution in [0.5, 0.6) is 5.75 Å². The van der Waals surface area contributed by atoms with Crippen LogP contribution in [0.3, 0.4) is 0 Å². The van der Waals surface area contributed by atoms with Gasteiger partial charge in [0.1, 0.15) is 5.75 Å². The van der Waals surface area contributed by atoms with Gasteiger partial charge in [0.15, 0.2) is 0 Å². The Bertz CT molecular complexity index is 774. The first-order valence-corrected chi connectivity index (χ1v) is 10.9. The van der Waals surface area contributed by atoms with Crippen LogP contribution in [0.4, 0.5) is 0 Å². The van der Waals surface area contributed by atoms with Crippen LogP contribution in [0.15, 0.2) is 36.4 Å². The number of rotatable bonds is 5. The zero-order valence-electron chi connectivity index (χ0n) is 17.5. The van der Waals surface area contributed by atoms with E-state index in [4.69, 9.17) is 14.3 Å². The van der Waals surface area contributed by atoms with Crippen molar-refractivity contribution >= 4 is 7.82 Å². The Labute approximate surface area is 171 Å². The SMILES string of the molecule is C.CCc1ccc(C(C)C)cc1.Cc1cc(C)c(C(C)C)c(OP(=O)(O)O)c1. The third kappa shape index (κ3) is 8.60. The lowest BCUT2D eigenvalue weighted by Gasteiger charge is -2.17. The van der Waals surface area contributed by atoms with Crippen LogP contribution in [-0.4, -0.2) is 9.79 Å². The van der Waals surface area contributed by atoms with Crippen LogP contribution in [0.25, 0.3) is 0 Å². The Morgan fingerprint density at radius 3 is 1.89 bits per heavy atom.